The molecule has 7 heteroatoms. The molecule has 3 aromatic carbocycles. The Morgan fingerprint density at radius 1 is 0.970 bits per heavy atom. The molecule has 166 valence electrons. The number of nitrogens with one attached hydrogen (secondary N) is 1. The van der Waals surface area contributed by atoms with Crippen LogP contribution in [0.4, 0.5) is 19.3 Å². The van der Waals surface area contributed by atoms with Crippen LogP contribution in [0.5, 0.6) is 5.75 Å². The molecule has 1 atom stereocenters. The van der Waals surface area contributed by atoms with Crippen LogP contribution in [-0.4, -0.2) is 22.6 Å². The molecule has 33 heavy (non-hydrogen) atoms. The summed E-state index contributed by atoms with van der Waals surface area (Å²) in [6.45, 7) is 0.238. The van der Waals surface area contributed by atoms with Gasteiger partial charge in [-0.2, -0.15) is 0 Å². The number of carbonyl (C=O) groups excluding carboxylic acids is 1. The SMILES string of the molecule is COc1ccccc1NC(=O)N1Cc2ccccc2-n2cccc2[C@H]1c1cc(F)cc(F)c1. The van der Waals surface area contributed by atoms with Crippen molar-refractivity contribution in [3.05, 3.63) is 114 Å². The lowest BCUT2D eigenvalue weighted by Gasteiger charge is -2.31. The minimum Gasteiger partial charge on any atom is -0.495 e. The molecule has 2 heterocycles. The van der Waals surface area contributed by atoms with E-state index in [0.29, 0.717) is 17.0 Å². The van der Waals surface area contributed by atoms with Gasteiger partial charge in [-0.1, -0.05) is 30.3 Å². The van der Waals surface area contributed by atoms with Crippen LogP contribution in [0.25, 0.3) is 5.69 Å². The third kappa shape index (κ3) is 3.82. The minimum absolute atomic E-state index is 0.238. The number of hydrogen-bond acceptors (Lipinski definition) is 2. The van der Waals surface area contributed by atoms with Gasteiger partial charge in [-0.3, -0.25) is 0 Å². The summed E-state index contributed by atoms with van der Waals surface area (Å²) in [5.41, 5.74) is 3.38. The Morgan fingerprint density at radius 3 is 2.48 bits per heavy atom. The summed E-state index contributed by atoms with van der Waals surface area (Å²) in [6.07, 6.45) is 1.89. The fraction of sp³-hybridized carbons (Fsp3) is 0.115. The molecule has 0 saturated carbocycles. The Labute approximate surface area is 189 Å². The number of hydrogen-bond donors (Lipinski definition) is 1. The summed E-state index contributed by atoms with van der Waals surface area (Å²) >= 11 is 0. The van der Waals surface area contributed by atoms with Crippen molar-refractivity contribution in [1.82, 2.24) is 9.47 Å². The van der Waals surface area contributed by atoms with Crippen LogP contribution in [0.3, 0.4) is 0 Å². The molecule has 5 rings (SSSR count). The molecule has 4 aromatic rings. The highest BCUT2D eigenvalue weighted by atomic mass is 19.1. The standard InChI is InChI=1S/C26H21F2N3O2/c1-33-24-11-5-3-8-21(24)29-26(32)31-16-17-7-2-4-9-22(17)30-12-6-10-23(30)25(31)18-13-19(27)15-20(28)14-18/h2-15,25H,16H2,1H3,(H,29,32)/t25-/m1/s1. The van der Waals surface area contributed by atoms with Gasteiger partial charge in [-0.15, -0.1) is 0 Å². The Kier molecular flexibility index (Phi) is 5.30. The van der Waals surface area contributed by atoms with Crippen LogP contribution in [0.1, 0.15) is 22.9 Å². The number of rotatable bonds is 3. The lowest BCUT2D eigenvalue weighted by atomic mass is 10.0. The van der Waals surface area contributed by atoms with E-state index in [2.05, 4.69) is 5.32 Å². The van der Waals surface area contributed by atoms with Crippen molar-refractivity contribution in [2.24, 2.45) is 0 Å². The minimum atomic E-state index is -0.729. The van der Waals surface area contributed by atoms with Crippen molar-refractivity contribution in [2.45, 2.75) is 12.6 Å². The number of anilines is 1. The Hall–Kier alpha value is -4.13. The number of para-hydroxylation sites is 3. The smallest absolute Gasteiger partial charge is 0.323 e. The number of carbonyl (C=O) groups is 1. The third-order valence-corrected chi connectivity index (χ3v) is 5.77. The maximum absolute atomic E-state index is 14.2. The van der Waals surface area contributed by atoms with Gasteiger partial charge >= 0.3 is 6.03 Å². The number of amides is 2. The van der Waals surface area contributed by atoms with Crippen LogP contribution < -0.4 is 10.1 Å². The highest BCUT2D eigenvalue weighted by molar-refractivity contribution is 5.91. The normalized spacial score (nSPS) is 14.8. The van der Waals surface area contributed by atoms with Crippen LogP contribution >= 0.6 is 0 Å². The fourth-order valence-electron chi connectivity index (χ4n) is 4.36. The summed E-state index contributed by atoms with van der Waals surface area (Å²) in [7, 11) is 1.53. The van der Waals surface area contributed by atoms with Crippen molar-refractivity contribution in [3.63, 3.8) is 0 Å². The molecule has 1 aliphatic rings. The number of fused-ring (bicyclic) bond motifs is 3. The highest BCUT2D eigenvalue weighted by Crippen LogP contribution is 2.37. The van der Waals surface area contributed by atoms with Gasteiger partial charge in [0.15, 0.2) is 0 Å². The summed E-state index contributed by atoms with van der Waals surface area (Å²) in [6, 6.07) is 20.7. The molecule has 0 radical (unpaired) electrons. The zero-order chi connectivity index (χ0) is 22.9. The van der Waals surface area contributed by atoms with Crippen LogP contribution in [-0.2, 0) is 6.54 Å². The second-order valence-electron chi connectivity index (χ2n) is 7.80. The first kappa shape index (κ1) is 20.8. The summed E-state index contributed by atoms with van der Waals surface area (Å²) in [4.78, 5) is 15.2. The molecular formula is C26H21F2N3O2. The van der Waals surface area contributed by atoms with Gasteiger partial charge < -0.3 is 19.5 Å². The van der Waals surface area contributed by atoms with E-state index in [-0.39, 0.29) is 6.54 Å². The maximum Gasteiger partial charge on any atom is 0.323 e. The van der Waals surface area contributed by atoms with Gasteiger partial charge in [-0.25, -0.2) is 13.6 Å². The second kappa shape index (κ2) is 8.43. The molecule has 0 bridgehead atoms. The number of methoxy groups -OCH3 is 1. The highest BCUT2D eigenvalue weighted by Gasteiger charge is 2.33. The second-order valence-corrected chi connectivity index (χ2v) is 7.80. The van der Waals surface area contributed by atoms with Gasteiger partial charge in [0.2, 0.25) is 0 Å². The van der Waals surface area contributed by atoms with Gasteiger partial charge in [0, 0.05) is 18.0 Å². The van der Waals surface area contributed by atoms with Crippen molar-refractivity contribution >= 4 is 11.7 Å². The van der Waals surface area contributed by atoms with Crippen molar-refractivity contribution < 1.29 is 18.3 Å². The zero-order valence-electron chi connectivity index (χ0n) is 17.8. The van der Waals surface area contributed by atoms with Crippen LogP contribution in [0.2, 0.25) is 0 Å². The Balaban J connectivity index is 1.66. The van der Waals surface area contributed by atoms with Gasteiger partial charge in [-0.05, 0) is 53.6 Å². The number of benzene rings is 3. The number of urea groups is 1. The molecule has 0 spiro atoms. The fourth-order valence-corrected chi connectivity index (χ4v) is 4.36. The average molecular weight is 445 g/mol. The molecule has 0 aliphatic carbocycles. The molecule has 1 aliphatic heterocycles. The molecule has 1 aromatic heterocycles. The monoisotopic (exact) mass is 445 g/mol. The van der Waals surface area contributed by atoms with E-state index >= 15 is 0 Å². The predicted molar refractivity (Wildman–Crippen MR) is 122 cm³/mol. The average Bonchev–Trinajstić information content (AvgIpc) is 3.22. The van der Waals surface area contributed by atoms with Crippen LogP contribution in [0, 0.1) is 11.6 Å². The van der Waals surface area contributed by atoms with Crippen molar-refractivity contribution in [3.8, 4) is 11.4 Å². The third-order valence-electron chi connectivity index (χ3n) is 5.77. The Morgan fingerprint density at radius 2 is 1.70 bits per heavy atom. The van der Waals surface area contributed by atoms with Crippen LogP contribution in [0.15, 0.2) is 85.1 Å². The lowest BCUT2D eigenvalue weighted by Crippen LogP contribution is -2.38. The number of nitrogens with zero attached hydrogens (tertiary/aromatic N) is 2. The maximum atomic E-state index is 14.2. The van der Waals surface area contributed by atoms with E-state index in [1.807, 2.05) is 53.2 Å². The van der Waals surface area contributed by atoms with Crippen molar-refractivity contribution in [1.29, 1.82) is 0 Å². The number of aromatic nitrogens is 1. The molecule has 2 amide bonds. The van der Waals surface area contributed by atoms with E-state index < -0.39 is 23.7 Å². The largest absolute Gasteiger partial charge is 0.495 e. The van der Waals surface area contributed by atoms with E-state index in [1.165, 1.54) is 19.2 Å². The predicted octanol–water partition coefficient (Wildman–Crippen LogP) is 5.90. The first-order valence-electron chi connectivity index (χ1n) is 10.5. The van der Waals surface area contributed by atoms with Gasteiger partial charge in [0.1, 0.15) is 17.4 Å². The first-order valence-corrected chi connectivity index (χ1v) is 10.5. The first-order chi connectivity index (χ1) is 16.0. The summed E-state index contributed by atoms with van der Waals surface area (Å²) < 4.78 is 35.8. The van der Waals surface area contributed by atoms with E-state index in [9.17, 15) is 13.6 Å². The van der Waals surface area contributed by atoms with Gasteiger partial charge in [0.05, 0.1) is 31.1 Å². The zero-order valence-corrected chi connectivity index (χ0v) is 17.8. The van der Waals surface area contributed by atoms with E-state index in [4.69, 9.17) is 4.74 Å². The number of ether oxygens (including phenoxy) is 1. The molecule has 5 nitrogen and oxygen atoms in total. The summed E-state index contributed by atoms with van der Waals surface area (Å²) in [5.74, 6) is -0.886. The molecule has 0 saturated heterocycles. The number of halogens is 2. The van der Waals surface area contributed by atoms with Crippen molar-refractivity contribution in [2.75, 3.05) is 12.4 Å². The van der Waals surface area contributed by atoms with Gasteiger partial charge in [0.25, 0.3) is 0 Å². The quantitative estimate of drug-likeness (QED) is 0.427. The topological polar surface area (TPSA) is 46.5 Å². The summed E-state index contributed by atoms with van der Waals surface area (Å²) in [5, 5.41) is 2.91. The van der Waals surface area contributed by atoms with E-state index in [1.54, 1.807) is 23.1 Å². The Bertz CT molecular complexity index is 1310. The van der Waals surface area contributed by atoms with E-state index in [0.717, 1.165) is 23.0 Å². The molecule has 1 N–H and O–H groups in total. The molecular weight excluding hydrogens is 424 g/mol. The lowest BCUT2D eigenvalue weighted by molar-refractivity contribution is 0.194. The molecule has 0 fully saturated rings. The molecule has 0 unspecified atom stereocenters.